The summed E-state index contributed by atoms with van der Waals surface area (Å²) in [5.74, 6) is -0.938. The van der Waals surface area contributed by atoms with Gasteiger partial charge in [-0.3, -0.25) is 14.4 Å². The molecule has 0 aliphatic carbocycles. The van der Waals surface area contributed by atoms with Gasteiger partial charge in [0.2, 0.25) is 0 Å². The first-order valence-electron chi connectivity index (χ1n) is 21.8. The fraction of sp³-hybridized carbons (Fsp3) is 0.723. The Bertz CT molecular complexity index is 991. The monoisotopic (exact) mass is 741 g/mol. The van der Waals surface area contributed by atoms with Gasteiger partial charge in [-0.25, -0.2) is 0 Å². The molecule has 0 saturated carbocycles. The number of hydrogen-bond donors (Lipinski definition) is 0. The van der Waals surface area contributed by atoms with Crippen molar-refractivity contribution in [3.8, 4) is 0 Å². The van der Waals surface area contributed by atoms with Gasteiger partial charge in [0.05, 0.1) is 0 Å². The molecule has 6 heteroatoms. The van der Waals surface area contributed by atoms with Gasteiger partial charge in [0.25, 0.3) is 0 Å². The topological polar surface area (TPSA) is 78.9 Å². The second-order valence-corrected chi connectivity index (χ2v) is 14.2. The average molecular weight is 741 g/mol. The molecule has 0 spiro atoms. The maximum Gasteiger partial charge on any atom is 0.306 e. The smallest absolute Gasteiger partial charge is 0.306 e. The molecule has 0 aliphatic heterocycles. The quantitative estimate of drug-likeness (QED) is 0.0271. The number of allylic oxidation sites excluding steroid dienone is 10. The minimum Gasteiger partial charge on any atom is -0.462 e. The van der Waals surface area contributed by atoms with Crippen LogP contribution in [0, 0.1) is 0 Å². The Morgan fingerprint density at radius 2 is 0.736 bits per heavy atom. The Balaban J connectivity index is 4.31. The molecule has 53 heavy (non-hydrogen) atoms. The van der Waals surface area contributed by atoms with Crippen molar-refractivity contribution in [3.63, 3.8) is 0 Å². The molecule has 0 N–H and O–H groups in total. The number of ether oxygens (including phenoxy) is 3. The van der Waals surface area contributed by atoms with Crippen LogP contribution in [-0.2, 0) is 28.6 Å². The summed E-state index contributed by atoms with van der Waals surface area (Å²) in [6, 6.07) is 0. The lowest BCUT2D eigenvalue weighted by Crippen LogP contribution is -2.30. The number of carbonyl (C=O) groups is 3. The highest BCUT2D eigenvalue weighted by Gasteiger charge is 2.19. The molecule has 0 rings (SSSR count). The van der Waals surface area contributed by atoms with Crippen molar-refractivity contribution in [3.05, 3.63) is 60.8 Å². The highest BCUT2D eigenvalue weighted by molar-refractivity contribution is 5.71. The largest absolute Gasteiger partial charge is 0.462 e. The van der Waals surface area contributed by atoms with Crippen LogP contribution in [0.2, 0.25) is 0 Å². The SMILES string of the molecule is CC/C=C\C/C=C\C/C=C\CCCCCCCC(=O)OCC(COC(=O)CCCCCCC)OC(=O)CCCCCCC/C=C\C/C=C\CCCCC. The second kappa shape index (κ2) is 41.9. The molecule has 0 aromatic heterocycles. The van der Waals surface area contributed by atoms with Crippen LogP contribution in [0.5, 0.6) is 0 Å². The summed E-state index contributed by atoms with van der Waals surface area (Å²) < 4.78 is 16.6. The van der Waals surface area contributed by atoms with Gasteiger partial charge in [0, 0.05) is 19.3 Å². The third-order valence-corrected chi connectivity index (χ3v) is 9.01. The van der Waals surface area contributed by atoms with Gasteiger partial charge in [0.15, 0.2) is 6.10 Å². The fourth-order valence-corrected chi connectivity index (χ4v) is 5.72. The maximum atomic E-state index is 12.7. The molecular weight excluding hydrogens is 661 g/mol. The normalized spacial score (nSPS) is 12.6. The third-order valence-electron chi connectivity index (χ3n) is 9.01. The lowest BCUT2D eigenvalue weighted by molar-refractivity contribution is -0.167. The average Bonchev–Trinajstić information content (AvgIpc) is 3.15. The van der Waals surface area contributed by atoms with E-state index in [2.05, 4.69) is 81.5 Å². The first kappa shape index (κ1) is 50.1. The zero-order chi connectivity index (χ0) is 38.7. The molecule has 0 saturated heterocycles. The van der Waals surface area contributed by atoms with Gasteiger partial charge in [-0.2, -0.15) is 0 Å². The van der Waals surface area contributed by atoms with Gasteiger partial charge in [-0.05, 0) is 83.5 Å². The van der Waals surface area contributed by atoms with E-state index in [1.807, 2.05) is 0 Å². The fourth-order valence-electron chi connectivity index (χ4n) is 5.72. The lowest BCUT2D eigenvalue weighted by atomic mass is 10.1. The van der Waals surface area contributed by atoms with E-state index >= 15 is 0 Å². The first-order chi connectivity index (χ1) is 26.0. The van der Waals surface area contributed by atoms with E-state index in [1.165, 1.54) is 32.1 Å². The Morgan fingerprint density at radius 3 is 1.19 bits per heavy atom. The van der Waals surface area contributed by atoms with Gasteiger partial charge in [-0.15, -0.1) is 0 Å². The van der Waals surface area contributed by atoms with E-state index in [0.29, 0.717) is 19.3 Å². The predicted molar refractivity (Wildman–Crippen MR) is 224 cm³/mol. The Hall–Kier alpha value is -2.89. The molecule has 0 aromatic carbocycles. The molecule has 0 fully saturated rings. The van der Waals surface area contributed by atoms with Crippen molar-refractivity contribution >= 4 is 17.9 Å². The summed E-state index contributed by atoms with van der Waals surface area (Å²) in [5, 5.41) is 0. The van der Waals surface area contributed by atoms with Crippen molar-refractivity contribution in [1.29, 1.82) is 0 Å². The summed E-state index contributed by atoms with van der Waals surface area (Å²) in [7, 11) is 0. The van der Waals surface area contributed by atoms with E-state index in [9.17, 15) is 14.4 Å². The summed E-state index contributed by atoms with van der Waals surface area (Å²) in [6.07, 6.45) is 49.4. The van der Waals surface area contributed by atoms with Crippen LogP contribution in [0.1, 0.15) is 201 Å². The van der Waals surface area contributed by atoms with Crippen molar-refractivity contribution in [1.82, 2.24) is 0 Å². The second-order valence-electron chi connectivity index (χ2n) is 14.2. The first-order valence-corrected chi connectivity index (χ1v) is 21.8. The predicted octanol–water partition coefficient (Wildman–Crippen LogP) is 13.7. The van der Waals surface area contributed by atoms with Crippen molar-refractivity contribution in [2.75, 3.05) is 13.2 Å². The number of esters is 3. The highest BCUT2D eigenvalue weighted by Crippen LogP contribution is 2.12. The van der Waals surface area contributed by atoms with E-state index in [-0.39, 0.29) is 31.1 Å². The lowest BCUT2D eigenvalue weighted by Gasteiger charge is -2.18. The minimum atomic E-state index is -0.782. The minimum absolute atomic E-state index is 0.0873. The Morgan fingerprint density at radius 1 is 0.396 bits per heavy atom. The van der Waals surface area contributed by atoms with Crippen molar-refractivity contribution in [2.24, 2.45) is 0 Å². The molecule has 0 radical (unpaired) electrons. The molecule has 304 valence electrons. The molecule has 0 aliphatic rings. The zero-order valence-corrected chi connectivity index (χ0v) is 34.5. The van der Waals surface area contributed by atoms with Crippen LogP contribution in [0.25, 0.3) is 0 Å². The Labute approximate surface area is 326 Å². The van der Waals surface area contributed by atoms with Crippen molar-refractivity contribution in [2.45, 2.75) is 207 Å². The summed E-state index contributed by atoms with van der Waals surface area (Å²) in [6.45, 7) is 6.37. The standard InChI is InChI=1S/C47H80O6/c1-4-7-10-13-15-17-19-21-23-25-27-29-31-34-37-40-46(49)52-43-44(42-51-45(48)39-36-33-12-9-6-3)53-47(50)41-38-35-32-30-28-26-24-22-20-18-16-14-11-8-5-2/h7,10,15-18,21-24,44H,4-6,8-9,11-14,19-20,25-43H2,1-3H3/b10-7-,17-15-,18-16-,23-21-,24-22-. The molecule has 6 nitrogen and oxygen atoms in total. The van der Waals surface area contributed by atoms with Crippen LogP contribution in [0.3, 0.4) is 0 Å². The van der Waals surface area contributed by atoms with E-state index in [0.717, 1.165) is 128 Å². The summed E-state index contributed by atoms with van der Waals surface area (Å²) in [5.41, 5.74) is 0. The zero-order valence-electron chi connectivity index (χ0n) is 34.5. The molecule has 0 bridgehead atoms. The van der Waals surface area contributed by atoms with Crippen LogP contribution >= 0.6 is 0 Å². The van der Waals surface area contributed by atoms with Crippen LogP contribution < -0.4 is 0 Å². The highest BCUT2D eigenvalue weighted by atomic mass is 16.6. The number of hydrogen-bond acceptors (Lipinski definition) is 6. The third kappa shape index (κ3) is 40.1. The van der Waals surface area contributed by atoms with E-state index < -0.39 is 6.10 Å². The maximum absolute atomic E-state index is 12.7. The van der Waals surface area contributed by atoms with Crippen molar-refractivity contribution < 1.29 is 28.6 Å². The van der Waals surface area contributed by atoms with Crippen LogP contribution in [0.4, 0.5) is 0 Å². The molecular formula is C47H80O6. The van der Waals surface area contributed by atoms with Crippen LogP contribution in [-0.4, -0.2) is 37.2 Å². The summed E-state index contributed by atoms with van der Waals surface area (Å²) in [4.78, 5) is 37.4. The van der Waals surface area contributed by atoms with E-state index in [4.69, 9.17) is 14.2 Å². The molecule has 1 unspecified atom stereocenters. The molecule has 0 aromatic rings. The van der Waals surface area contributed by atoms with Gasteiger partial charge in [0.1, 0.15) is 13.2 Å². The molecule has 1 atom stereocenters. The van der Waals surface area contributed by atoms with Gasteiger partial charge < -0.3 is 14.2 Å². The molecule has 0 heterocycles. The van der Waals surface area contributed by atoms with Gasteiger partial charge >= 0.3 is 17.9 Å². The number of carbonyl (C=O) groups excluding carboxylic acids is 3. The molecule has 0 amide bonds. The number of unbranched alkanes of at least 4 members (excludes halogenated alkanes) is 17. The number of rotatable bonds is 38. The van der Waals surface area contributed by atoms with Gasteiger partial charge in [-0.1, -0.05) is 159 Å². The Kier molecular flexibility index (Phi) is 39.6. The van der Waals surface area contributed by atoms with Crippen LogP contribution in [0.15, 0.2) is 60.8 Å². The summed E-state index contributed by atoms with van der Waals surface area (Å²) >= 11 is 0. The van der Waals surface area contributed by atoms with E-state index in [1.54, 1.807) is 0 Å².